The van der Waals surface area contributed by atoms with Gasteiger partial charge in [-0.15, -0.1) is 0 Å². The van der Waals surface area contributed by atoms with Crippen LogP contribution >= 0.6 is 0 Å². The van der Waals surface area contributed by atoms with E-state index in [2.05, 4.69) is 20.2 Å². The Balaban J connectivity index is 1.49. The summed E-state index contributed by atoms with van der Waals surface area (Å²) < 4.78 is 19.5. The summed E-state index contributed by atoms with van der Waals surface area (Å²) in [4.78, 5) is 11.1. The number of hydrogen-bond donors (Lipinski definition) is 2. The lowest BCUT2D eigenvalue weighted by molar-refractivity contribution is 0.0542. The van der Waals surface area contributed by atoms with Crippen molar-refractivity contribution in [2.75, 3.05) is 49.7 Å². The molecule has 0 spiro atoms. The molecule has 1 aromatic heterocycles. The average Bonchev–Trinajstić information content (AvgIpc) is 2.78. The summed E-state index contributed by atoms with van der Waals surface area (Å²) in [6.45, 7) is 3.97. The Morgan fingerprint density at radius 3 is 2.90 bits per heavy atom. The number of aliphatic hydroxyl groups excluding tert-OH is 1. The molecule has 0 aliphatic carbocycles. The number of rotatable bonds is 6. The van der Waals surface area contributed by atoms with Gasteiger partial charge in [-0.05, 0) is 49.3 Å². The van der Waals surface area contributed by atoms with Gasteiger partial charge in [-0.2, -0.15) is 0 Å². The molecule has 156 valence electrons. The van der Waals surface area contributed by atoms with Crippen molar-refractivity contribution in [2.24, 2.45) is 5.92 Å². The summed E-state index contributed by atoms with van der Waals surface area (Å²) in [5.74, 6) is 1.74. The van der Waals surface area contributed by atoms with Crippen LogP contribution in [0.3, 0.4) is 0 Å². The van der Waals surface area contributed by atoms with Crippen LogP contribution in [0.1, 0.15) is 31.2 Å². The summed E-state index contributed by atoms with van der Waals surface area (Å²) in [6, 6.07) is 8.88. The van der Waals surface area contributed by atoms with Crippen molar-refractivity contribution in [3.63, 3.8) is 0 Å². The number of aliphatic hydroxyl groups is 1. The minimum atomic E-state index is -0.207. The van der Waals surface area contributed by atoms with Gasteiger partial charge >= 0.3 is 0 Å². The number of halogens is 1. The Morgan fingerprint density at radius 1 is 1.24 bits per heavy atom. The van der Waals surface area contributed by atoms with Crippen LogP contribution in [-0.2, 0) is 10.2 Å². The van der Waals surface area contributed by atoms with Gasteiger partial charge in [0.2, 0.25) is 0 Å². The molecule has 2 N–H and O–H groups in total. The second-order valence-electron chi connectivity index (χ2n) is 8.15. The van der Waals surface area contributed by atoms with Gasteiger partial charge in [0, 0.05) is 50.9 Å². The van der Waals surface area contributed by atoms with Crippen molar-refractivity contribution < 1.29 is 14.2 Å². The fourth-order valence-corrected chi connectivity index (χ4v) is 4.45. The van der Waals surface area contributed by atoms with Gasteiger partial charge in [0.05, 0.1) is 0 Å². The van der Waals surface area contributed by atoms with Crippen LogP contribution in [0.15, 0.2) is 36.7 Å². The highest BCUT2D eigenvalue weighted by atomic mass is 19.1. The number of nitrogens with one attached hydrogen (secondary N) is 1. The van der Waals surface area contributed by atoms with E-state index in [4.69, 9.17) is 4.74 Å². The molecule has 2 aliphatic rings. The zero-order valence-corrected chi connectivity index (χ0v) is 16.7. The molecule has 0 saturated carbocycles. The first-order valence-electron chi connectivity index (χ1n) is 10.4. The van der Waals surface area contributed by atoms with E-state index in [1.165, 1.54) is 6.07 Å². The van der Waals surface area contributed by atoms with Crippen LogP contribution in [-0.4, -0.2) is 54.5 Å². The molecule has 0 amide bonds. The number of ether oxygens (including phenoxy) is 1. The summed E-state index contributed by atoms with van der Waals surface area (Å²) in [6.07, 6.45) is 5.37. The first kappa shape index (κ1) is 20.0. The van der Waals surface area contributed by atoms with Gasteiger partial charge in [0.25, 0.3) is 0 Å². The highest BCUT2D eigenvalue weighted by Crippen LogP contribution is 2.35. The number of piperidine rings is 1. The number of benzene rings is 1. The normalized spacial score (nSPS) is 21.7. The highest BCUT2D eigenvalue weighted by Gasteiger charge is 2.34. The van der Waals surface area contributed by atoms with Gasteiger partial charge in [-0.3, -0.25) is 0 Å². The smallest absolute Gasteiger partial charge is 0.134 e. The molecule has 2 aromatic rings. The van der Waals surface area contributed by atoms with Crippen molar-refractivity contribution in [3.8, 4) is 0 Å². The molecule has 1 aromatic carbocycles. The van der Waals surface area contributed by atoms with E-state index in [1.54, 1.807) is 18.5 Å². The van der Waals surface area contributed by atoms with Crippen LogP contribution in [0.5, 0.6) is 0 Å². The number of anilines is 2. The number of aromatic nitrogens is 2. The summed E-state index contributed by atoms with van der Waals surface area (Å²) in [5.41, 5.74) is 0.822. The SMILES string of the molecule is OCC1CCCN(c2cc(NCC3(c4cccc(F)c4)CCOCC3)ncn2)C1. The van der Waals surface area contributed by atoms with Crippen molar-refractivity contribution >= 4 is 11.6 Å². The van der Waals surface area contributed by atoms with Crippen LogP contribution in [0.4, 0.5) is 16.0 Å². The molecule has 1 unspecified atom stereocenters. The second-order valence-corrected chi connectivity index (χ2v) is 8.15. The molecular formula is C22H29FN4O2. The van der Waals surface area contributed by atoms with E-state index < -0.39 is 0 Å². The molecular weight excluding hydrogens is 371 g/mol. The Labute approximate surface area is 171 Å². The van der Waals surface area contributed by atoms with E-state index in [0.717, 1.165) is 56.0 Å². The number of hydrogen-bond acceptors (Lipinski definition) is 6. The lowest BCUT2D eigenvalue weighted by Crippen LogP contribution is -2.40. The van der Waals surface area contributed by atoms with Crippen molar-refractivity contribution in [2.45, 2.75) is 31.1 Å². The average molecular weight is 400 g/mol. The first-order chi connectivity index (χ1) is 14.2. The fourth-order valence-electron chi connectivity index (χ4n) is 4.45. The Hall–Kier alpha value is -2.25. The summed E-state index contributed by atoms with van der Waals surface area (Å²) in [5, 5.41) is 13.0. The van der Waals surface area contributed by atoms with E-state index in [-0.39, 0.29) is 17.8 Å². The van der Waals surface area contributed by atoms with Crippen LogP contribution < -0.4 is 10.2 Å². The third kappa shape index (κ3) is 4.67. The summed E-state index contributed by atoms with van der Waals surface area (Å²) in [7, 11) is 0. The maximum absolute atomic E-state index is 13.9. The monoisotopic (exact) mass is 400 g/mol. The van der Waals surface area contributed by atoms with E-state index in [0.29, 0.717) is 25.7 Å². The minimum absolute atomic E-state index is 0.182. The molecule has 0 bridgehead atoms. The molecule has 2 aliphatic heterocycles. The molecule has 1 atom stereocenters. The molecule has 2 saturated heterocycles. The topological polar surface area (TPSA) is 70.5 Å². The van der Waals surface area contributed by atoms with Gasteiger partial charge in [0.15, 0.2) is 0 Å². The molecule has 29 heavy (non-hydrogen) atoms. The third-order valence-electron chi connectivity index (χ3n) is 6.25. The minimum Gasteiger partial charge on any atom is -0.396 e. The van der Waals surface area contributed by atoms with Gasteiger partial charge in [-0.1, -0.05) is 12.1 Å². The maximum atomic E-state index is 13.9. The summed E-state index contributed by atoms with van der Waals surface area (Å²) >= 11 is 0. The fraction of sp³-hybridized carbons (Fsp3) is 0.545. The zero-order chi connectivity index (χ0) is 20.1. The lowest BCUT2D eigenvalue weighted by Gasteiger charge is -2.38. The van der Waals surface area contributed by atoms with Gasteiger partial charge in [0.1, 0.15) is 23.8 Å². The molecule has 6 nitrogen and oxygen atoms in total. The third-order valence-corrected chi connectivity index (χ3v) is 6.25. The van der Waals surface area contributed by atoms with E-state index in [9.17, 15) is 9.50 Å². The second kappa shape index (κ2) is 9.05. The van der Waals surface area contributed by atoms with E-state index in [1.807, 2.05) is 12.1 Å². The molecule has 3 heterocycles. The molecule has 0 radical (unpaired) electrons. The predicted molar refractivity (Wildman–Crippen MR) is 111 cm³/mol. The van der Waals surface area contributed by atoms with Gasteiger partial charge < -0.3 is 20.1 Å². The van der Waals surface area contributed by atoms with Gasteiger partial charge in [-0.25, -0.2) is 14.4 Å². The standard InChI is InChI=1S/C22H29FN4O2/c23-19-5-1-4-18(11-19)22(6-9-29-10-7-22)15-24-20-12-21(26-16-25-20)27-8-2-3-17(13-27)14-28/h1,4-5,11-12,16-17,28H,2-3,6-10,13-15H2,(H,24,25,26). The van der Waals surface area contributed by atoms with Crippen molar-refractivity contribution in [1.29, 1.82) is 0 Å². The first-order valence-corrected chi connectivity index (χ1v) is 10.4. The molecule has 2 fully saturated rings. The number of nitrogens with zero attached hydrogens (tertiary/aromatic N) is 3. The maximum Gasteiger partial charge on any atom is 0.134 e. The Kier molecular flexibility index (Phi) is 6.25. The van der Waals surface area contributed by atoms with Crippen LogP contribution in [0, 0.1) is 11.7 Å². The zero-order valence-electron chi connectivity index (χ0n) is 16.7. The van der Waals surface area contributed by atoms with E-state index >= 15 is 0 Å². The quantitative estimate of drug-likeness (QED) is 0.777. The Morgan fingerprint density at radius 2 is 2.10 bits per heavy atom. The van der Waals surface area contributed by atoms with Crippen molar-refractivity contribution in [3.05, 3.63) is 48.0 Å². The molecule has 4 rings (SSSR count). The molecule has 7 heteroatoms. The van der Waals surface area contributed by atoms with Crippen LogP contribution in [0.2, 0.25) is 0 Å². The Bertz CT molecular complexity index is 813. The van der Waals surface area contributed by atoms with Crippen LogP contribution in [0.25, 0.3) is 0 Å². The lowest BCUT2D eigenvalue weighted by atomic mass is 9.74. The van der Waals surface area contributed by atoms with Crippen molar-refractivity contribution in [1.82, 2.24) is 9.97 Å². The predicted octanol–water partition coefficient (Wildman–Crippen LogP) is 2.98. The largest absolute Gasteiger partial charge is 0.396 e. The highest BCUT2D eigenvalue weighted by molar-refractivity contribution is 5.49.